The van der Waals surface area contributed by atoms with Gasteiger partial charge < -0.3 is 10.1 Å². The van der Waals surface area contributed by atoms with Crippen LogP contribution in [0.4, 0.5) is 0 Å². The maximum Gasteiger partial charge on any atom is 0.246 e. The van der Waals surface area contributed by atoms with Crippen molar-refractivity contribution in [2.75, 3.05) is 13.2 Å². The number of rotatable bonds is 1. The van der Waals surface area contributed by atoms with Gasteiger partial charge in [0.15, 0.2) is 0 Å². The number of hydrogen-bond donors (Lipinski definition) is 1. The van der Waals surface area contributed by atoms with Gasteiger partial charge in [-0.2, -0.15) is 0 Å². The molecule has 1 aliphatic heterocycles. The normalized spacial score (nSPS) is 20.7. The van der Waals surface area contributed by atoms with Gasteiger partial charge >= 0.3 is 0 Å². The van der Waals surface area contributed by atoms with E-state index in [9.17, 15) is 4.79 Å². The van der Waals surface area contributed by atoms with Crippen molar-refractivity contribution in [2.24, 2.45) is 0 Å². The molecular weight excluding hydrogens is 249 g/mol. The molecule has 1 aromatic carbocycles. The molecule has 5 heteroatoms. The summed E-state index contributed by atoms with van der Waals surface area (Å²) in [6, 6.07) is 3.62. The minimum atomic E-state index is -0.193. The quantitative estimate of drug-likeness (QED) is 0.842. The van der Waals surface area contributed by atoms with E-state index in [2.05, 4.69) is 5.32 Å². The minimum absolute atomic E-state index is 0.0721. The molecule has 1 N–H and O–H groups in total. The van der Waals surface area contributed by atoms with Gasteiger partial charge in [0.25, 0.3) is 0 Å². The Bertz CT molecular complexity index is 424. The fourth-order valence-corrected chi connectivity index (χ4v) is 2.12. The molecule has 3 nitrogen and oxygen atoms in total. The Balaban J connectivity index is 2.27. The van der Waals surface area contributed by atoms with Crippen LogP contribution in [0.1, 0.15) is 17.2 Å². The number of halogens is 2. The van der Waals surface area contributed by atoms with Crippen LogP contribution in [0.5, 0.6) is 0 Å². The second kappa shape index (κ2) is 4.62. The highest BCUT2D eigenvalue weighted by molar-refractivity contribution is 6.36. The average Bonchev–Trinajstić information content (AvgIpc) is 2.28. The van der Waals surface area contributed by atoms with E-state index in [0.29, 0.717) is 16.6 Å². The van der Waals surface area contributed by atoms with E-state index in [0.717, 1.165) is 11.1 Å². The van der Waals surface area contributed by atoms with Crippen molar-refractivity contribution in [3.8, 4) is 0 Å². The fraction of sp³-hybridized carbons (Fsp3) is 0.364. The zero-order valence-corrected chi connectivity index (χ0v) is 10.2. The first-order valence-corrected chi connectivity index (χ1v) is 5.68. The monoisotopic (exact) mass is 259 g/mol. The molecule has 2 rings (SSSR count). The lowest BCUT2D eigenvalue weighted by Crippen LogP contribution is -2.38. The van der Waals surface area contributed by atoms with Crippen LogP contribution in [-0.2, 0) is 9.53 Å². The molecule has 0 bridgehead atoms. The Kier molecular flexibility index (Phi) is 3.38. The standard InChI is InChI=1S/C11H11Cl2NO2/c1-6-8(12)3-2-7(11(6)13)9-4-14-10(15)5-16-9/h2-3,9H,4-5H2,1H3,(H,14,15). The smallest absolute Gasteiger partial charge is 0.246 e. The molecule has 0 radical (unpaired) electrons. The third-order valence-corrected chi connectivity index (χ3v) is 3.51. The molecule has 16 heavy (non-hydrogen) atoms. The number of carbonyl (C=O) groups is 1. The molecule has 1 fully saturated rings. The molecule has 1 aromatic rings. The maximum atomic E-state index is 11.0. The largest absolute Gasteiger partial charge is 0.362 e. The Hall–Kier alpha value is -0.770. The number of carbonyl (C=O) groups excluding carboxylic acids is 1. The molecule has 0 aromatic heterocycles. The van der Waals surface area contributed by atoms with Crippen LogP contribution in [0.2, 0.25) is 10.0 Å². The molecule has 86 valence electrons. The van der Waals surface area contributed by atoms with Gasteiger partial charge in [-0.1, -0.05) is 29.3 Å². The Morgan fingerprint density at radius 2 is 2.19 bits per heavy atom. The molecule has 1 aliphatic rings. The highest BCUT2D eigenvalue weighted by atomic mass is 35.5. The first-order chi connectivity index (χ1) is 7.59. The maximum absolute atomic E-state index is 11.0. The lowest BCUT2D eigenvalue weighted by atomic mass is 10.1. The van der Waals surface area contributed by atoms with Gasteiger partial charge in [-0.15, -0.1) is 0 Å². The van der Waals surface area contributed by atoms with Gasteiger partial charge in [0, 0.05) is 17.1 Å². The highest BCUT2D eigenvalue weighted by Gasteiger charge is 2.23. The van der Waals surface area contributed by atoms with Crippen LogP contribution >= 0.6 is 23.2 Å². The number of hydrogen-bond acceptors (Lipinski definition) is 2. The summed E-state index contributed by atoms with van der Waals surface area (Å²) in [5, 5.41) is 3.97. The second-order valence-electron chi connectivity index (χ2n) is 3.68. The molecule has 0 aliphatic carbocycles. The molecule has 1 saturated heterocycles. The Labute approximate surface area is 104 Å². The summed E-state index contributed by atoms with van der Waals surface area (Å²) in [7, 11) is 0. The predicted octanol–water partition coefficient (Wildman–Crippen LogP) is 2.49. The Morgan fingerprint density at radius 1 is 1.44 bits per heavy atom. The summed E-state index contributed by atoms with van der Waals surface area (Å²) in [5.41, 5.74) is 1.70. The van der Waals surface area contributed by atoms with E-state index in [-0.39, 0.29) is 18.6 Å². The van der Waals surface area contributed by atoms with E-state index < -0.39 is 0 Å². The number of morpholine rings is 1. The molecule has 0 spiro atoms. The second-order valence-corrected chi connectivity index (χ2v) is 4.46. The number of benzene rings is 1. The molecule has 1 heterocycles. The highest BCUT2D eigenvalue weighted by Crippen LogP contribution is 2.32. The van der Waals surface area contributed by atoms with E-state index in [4.69, 9.17) is 27.9 Å². The fourth-order valence-electron chi connectivity index (χ4n) is 1.62. The predicted molar refractivity (Wildman–Crippen MR) is 62.9 cm³/mol. The van der Waals surface area contributed by atoms with E-state index >= 15 is 0 Å². The SMILES string of the molecule is Cc1c(Cl)ccc(C2CNC(=O)CO2)c1Cl. The summed E-state index contributed by atoms with van der Waals surface area (Å²) in [5.74, 6) is -0.0990. The van der Waals surface area contributed by atoms with Crippen LogP contribution < -0.4 is 5.32 Å². The third-order valence-electron chi connectivity index (χ3n) is 2.60. The zero-order valence-electron chi connectivity index (χ0n) is 8.72. The molecule has 0 saturated carbocycles. The minimum Gasteiger partial charge on any atom is -0.362 e. The van der Waals surface area contributed by atoms with Gasteiger partial charge in [-0.3, -0.25) is 4.79 Å². The van der Waals surface area contributed by atoms with Crippen molar-refractivity contribution >= 4 is 29.1 Å². The van der Waals surface area contributed by atoms with Crippen molar-refractivity contribution in [2.45, 2.75) is 13.0 Å². The topological polar surface area (TPSA) is 38.3 Å². The number of nitrogens with one attached hydrogen (secondary N) is 1. The third kappa shape index (κ3) is 2.17. The first-order valence-electron chi connectivity index (χ1n) is 4.92. The summed E-state index contributed by atoms with van der Waals surface area (Å²) in [4.78, 5) is 11.0. The van der Waals surface area contributed by atoms with Gasteiger partial charge in [-0.05, 0) is 18.6 Å². The van der Waals surface area contributed by atoms with Gasteiger partial charge in [0.05, 0.1) is 5.02 Å². The van der Waals surface area contributed by atoms with Crippen molar-refractivity contribution in [1.82, 2.24) is 5.32 Å². The van der Waals surface area contributed by atoms with Crippen molar-refractivity contribution < 1.29 is 9.53 Å². The lowest BCUT2D eigenvalue weighted by molar-refractivity contribution is -0.133. The van der Waals surface area contributed by atoms with Crippen molar-refractivity contribution in [3.63, 3.8) is 0 Å². The van der Waals surface area contributed by atoms with E-state index in [1.165, 1.54) is 0 Å². The van der Waals surface area contributed by atoms with E-state index in [1.54, 1.807) is 6.07 Å². The number of amides is 1. The van der Waals surface area contributed by atoms with E-state index in [1.807, 2.05) is 13.0 Å². The summed E-state index contributed by atoms with van der Waals surface area (Å²) in [6.45, 7) is 2.37. The van der Waals surface area contributed by atoms with Crippen molar-refractivity contribution in [1.29, 1.82) is 0 Å². The summed E-state index contributed by atoms with van der Waals surface area (Å²) < 4.78 is 5.41. The number of ether oxygens (including phenoxy) is 1. The average molecular weight is 260 g/mol. The summed E-state index contributed by atoms with van der Waals surface area (Å²) in [6.07, 6.45) is -0.193. The van der Waals surface area contributed by atoms with Crippen LogP contribution in [0.25, 0.3) is 0 Å². The van der Waals surface area contributed by atoms with Crippen LogP contribution in [0, 0.1) is 6.92 Å². The van der Waals surface area contributed by atoms with Crippen LogP contribution in [0.3, 0.4) is 0 Å². The lowest BCUT2D eigenvalue weighted by Gasteiger charge is -2.24. The van der Waals surface area contributed by atoms with Crippen LogP contribution in [-0.4, -0.2) is 19.1 Å². The Morgan fingerprint density at radius 3 is 2.81 bits per heavy atom. The first kappa shape index (κ1) is 11.7. The summed E-state index contributed by atoms with van der Waals surface area (Å²) >= 11 is 12.1. The molecular formula is C11H11Cl2NO2. The molecule has 1 unspecified atom stereocenters. The van der Waals surface area contributed by atoms with Gasteiger partial charge in [0.1, 0.15) is 12.7 Å². The van der Waals surface area contributed by atoms with Gasteiger partial charge in [-0.25, -0.2) is 0 Å². The molecule has 1 amide bonds. The molecule has 1 atom stereocenters. The van der Waals surface area contributed by atoms with Crippen molar-refractivity contribution in [3.05, 3.63) is 33.3 Å². The van der Waals surface area contributed by atoms with Gasteiger partial charge in [0.2, 0.25) is 5.91 Å². The van der Waals surface area contributed by atoms with Crippen LogP contribution in [0.15, 0.2) is 12.1 Å². The zero-order chi connectivity index (χ0) is 11.7.